The van der Waals surface area contributed by atoms with Crippen molar-refractivity contribution in [2.45, 2.75) is 45.0 Å². The van der Waals surface area contributed by atoms with Crippen LogP contribution in [0.1, 0.15) is 60.4 Å². The predicted octanol–water partition coefficient (Wildman–Crippen LogP) is 3.16. The normalized spacial score (nSPS) is 20.5. The van der Waals surface area contributed by atoms with Crippen LogP contribution in [0.5, 0.6) is 0 Å². The summed E-state index contributed by atoms with van der Waals surface area (Å²) in [6, 6.07) is 6.83. The molecule has 1 unspecified atom stereocenters. The minimum Gasteiger partial charge on any atom is -0.338 e. The van der Waals surface area contributed by atoms with Gasteiger partial charge in [0, 0.05) is 43.2 Å². The van der Waals surface area contributed by atoms with Gasteiger partial charge in [-0.15, -0.1) is 0 Å². The highest BCUT2D eigenvalue weighted by atomic mass is 19.3. The monoisotopic (exact) mass is 454 g/mol. The van der Waals surface area contributed by atoms with Crippen molar-refractivity contribution in [2.24, 2.45) is 0 Å². The number of carbonyl (C=O) groups is 2. The largest absolute Gasteiger partial charge is 0.338 e. The molecule has 33 heavy (non-hydrogen) atoms. The van der Waals surface area contributed by atoms with Crippen LogP contribution < -0.4 is 4.90 Å². The van der Waals surface area contributed by atoms with E-state index in [-0.39, 0.29) is 23.3 Å². The fraction of sp³-hybridized carbons (Fsp3) is 0.435. The lowest BCUT2D eigenvalue weighted by atomic mass is 9.78. The van der Waals surface area contributed by atoms with E-state index in [1.165, 1.54) is 23.8 Å². The van der Waals surface area contributed by atoms with Gasteiger partial charge < -0.3 is 9.80 Å². The van der Waals surface area contributed by atoms with Gasteiger partial charge in [-0.3, -0.25) is 9.59 Å². The van der Waals surface area contributed by atoms with Gasteiger partial charge in [0.05, 0.1) is 5.69 Å². The molecule has 4 heterocycles. The number of alkyl halides is 2. The lowest BCUT2D eigenvalue weighted by molar-refractivity contribution is -0.116. The van der Waals surface area contributed by atoms with Crippen LogP contribution in [0.3, 0.4) is 0 Å². The number of aromatic nitrogens is 4. The van der Waals surface area contributed by atoms with Gasteiger partial charge >= 0.3 is 0 Å². The second kappa shape index (κ2) is 7.86. The number of rotatable bonds is 3. The third kappa shape index (κ3) is 3.63. The Morgan fingerprint density at radius 3 is 2.76 bits per heavy atom. The number of likely N-dealkylation sites (tertiary alicyclic amines) is 1. The Hall–Kier alpha value is -3.43. The number of halogens is 2. The van der Waals surface area contributed by atoms with Gasteiger partial charge in [-0.25, -0.2) is 18.3 Å². The molecule has 0 radical (unpaired) electrons. The molecule has 2 amide bonds. The first-order valence-corrected chi connectivity index (χ1v) is 11.0. The van der Waals surface area contributed by atoms with Gasteiger partial charge in [0.25, 0.3) is 18.1 Å². The lowest BCUT2D eigenvalue weighted by Crippen LogP contribution is -2.48. The Morgan fingerprint density at radius 2 is 2.00 bits per heavy atom. The van der Waals surface area contributed by atoms with E-state index in [1.807, 2.05) is 19.1 Å². The maximum Gasteiger partial charge on any atom is 0.280 e. The number of benzene rings is 1. The number of amides is 2. The van der Waals surface area contributed by atoms with Gasteiger partial charge in [-0.05, 0) is 49.1 Å². The Labute approximate surface area is 189 Å². The highest BCUT2D eigenvalue weighted by Crippen LogP contribution is 2.36. The number of hydrogen-bond donors (Lipinski definition) is 0. The standard InChI is InChI=1S/C23H24F2N6O2/c1-14(32)30-9-6-15-10-16(4-5-18(15)30)21(33)29-8-3-7-23(2,12-29)19-11-17(20(24)25)28-22-26-13-27-31(19)22/h4-5,10-11,13,20H,3,6-9,12H2,1-2H3. The van der Waals surface area contributed by atoms with Gasteiger partial charge in [0.15, 0.2) is 0 Å². The molecule has 3 aromatic rings. The smallest absolute Gasteiger partial charge is 0.280 e. The van der Waals surface area contributed by atoms with E-state index in [2.05, 4.69) is 15.1 Å². The molecule has 10 heteroatoms. The number of hydrogen-bond acceptors (Lipinski definition) is 5. The summed E-state index contributed by atoms with van der Waals surface area (Å²) < 4.78 is 28.4. The maximum absolute atomic E-state index is 13.5. The number of fused-ring (bicyclic) bond motifs is 2. The molecule has 1 aromatic carbocycles. The summed E-state index contributed by atoms with van der Waals surface area (Å²) in [5.74, 6) is 0.00339. The molecule has 2 aromatic heterocycles. The van der Waals surface area contributed by atoms with Crippen LogP contribution in [0.4, 0.5) is 14.5 Å². The molecule has 2 aliphatic heterocycles. The van der Waals surface area contributed by atoms with Crippen molar-refractivity contribution in [3.8, 4) is 0 Å². The van der Waals surface area contributed by atoms with Gasteiger partial charge in [0.1, 0.15) is 12.0 Å². The van der Waals surface area contributed by atoms with E-state index in [0.29, 0.717) is 37.3 Å². The molecule has 2 aliphatic rings. The molecule has 0 saturated carbocycles. The Kier molecular flexibility index (Phi) is 5.10. The van der Waals surface area contributed by atoms with Crippen LogP contribution in [0.2, 0.25) is 0 Å². The first kappa shape index (κ1) is 21.4. The van der Waals surface area contributed by atoms with Crippen LogP contribution in [0.25, 0.3) is 5.78 Å². The van der Waals surface area contributed by atoms with Crippen LogP contribution in [-0.4, -0.2) is 55.9 Å². The minimum atomic E-state index is -2.73. The molecule has 172 valence electrons. The summed E-state index contributed by atoms with van der Waals surface area (Å²) >= 11 is 0. The second-order valence-electron chi connectivity index (χ2n) is 8.99. The van der Waals surface area contributed by atoms with Crippen LogP contribution in [0, 0.1) is 0 Å². The summed E-state index contributed by atoms with van der Waals surface area (Å²) in [6.07, 6.45) is 0.733. The van der Waals surface area contributed by atoms with Crippen molar-refractivity contribution < 1.29 is 18.4 Å². The molecule has 1 fully saturated rings. The van der Waals surface area contributed by atoms with Crippen LogP contribution in [-0.2, 0) is 16.6 Å². The quantitative estimate of drug-likeness (QED) is 0.607. The van der Waals surface area contributed by atoms with Crippen molar-refractivity contribution in [1.29, 1.82) is 0 Å². The lowest BCUT2D eigenvalue weighted by Gasteiger charge is -2.40. The van der Waals surface area contributed by atoms with E-state index < -0.39 is 11.8 Å². The highest BCUT2D eigenvalue weighted by molar-refractivity contribution is 5.98. The van der Waals surface area contributed by atoms with Gasteiger partial charge in [-0.1, -0.05) is 6.92 Å². The third-order valence-corrected chi connectivity index (χ3v) is 6.70. The van der Waals surface area contributed by atoms with E-state index >= 15 is 0 Å². The summed E-state index contributed by atoms with van der Waals surface area (Å²) in [5, 5.41) is 4.19. The first-order chi connectivity index (χ1) is 15.8. The molecule has 8 nitrogen and oxygen atoms in total. The molecular formula is C23H24F2N6O2. The SMILES string of the molecule is CC(=O)N1CCc2cc(C(=O)N3CCCC(C)(c4cc(C(F)F)nc5ncnn45)C3)ccc21. The van der Waals surface area contributed by atoms with Crippen molar-refractivity contribution in [1.82, 2.24) is 24.5 Å². The number of carbonyl (C=O) groups excluding carboxylic acids is 2. The van der Waals surface area contributed by atoms with E-state index in [4.69, 9.17) is 0 Å². The summed E-state index contributed by atoms with van der Waals surface area (Å²) in [6.45, 7) is 5.06. The predicted molar refractivity (Wildman–Crippen MR) is 116 cm³/mol. The number of piperidine rings is 1. The molecule has 0 aliphatic carbocycles. The van der Waals surface area contributed by atoms with Crippen LogP contribution >= 0.6 is 0 Å². The summed E-state index contributed by atoms with van der Waals surface area (Å²) in [4.78, 5) is 36.6. The summed E-state index contributed by atoms with van der Waals surface area (Å²) in [7, 11) is 0. The molecule has 1 atom stereocenters. The second-order valence-corrected chi connectivity index (χ2v) is 8.99. The highest BCUT2D eigenvalue weighted by Gasteiger charge is 2.38. The van der Waals surface area contributed by atoms with Gasteiger partial charge in [-0.2, -0.15) is 10.1 Å². The molecular weight excluding hydrogens is 430 g/mol. The number of anilines is 1. The first-order valence-electron chi connectivity index (χ1n) is 11.0. The van der Waals surface area contributed by atoms with Crippen molar-refractivity contribution in [3.05, 3.63) is 53.1 Å². The average Bonchev–Trinajstić information content (AvgIpc) is 3.44. The molecule has 0 N–H and O–H groups in total. The molecule has 5 rings (SSSR count). The minimum absolute atomic E-state index is 0.0143. The summed E-state index contributed by atoms with van der Waals surface area (Å²) in [5.41, 5.74) is 2.04. The van der Waals surface area contributed by atoms with Gasteiger partial charge in [0.2, 0.25) is 5.91 Å². The zero-order valence-corrected chi connectivity index (χ0v) is 18.5. The fourth-order valence-electron chi connectivity index (χ4n) is 5.04. The maximum atomic E-state index is 13.5. The Morgan fingerprint density at radius 1 is 1.18 bits per heavy atom. The Bertz CT molecular complexity index is 1260. The number of nitrogens with zero attached hydrogens (tertiary/aromatic N) is 6. The third-order valence-electron chi connectivity index (χ3n) is 6.70. The van der Waals surface area contributed by atoms with Crippen molar-refractivity contribution >= 4 is 23.3 Å². The van der Waals surface area contributed by atoms with Crippen LogP contribution in [0.15, 0.2) is 30.6 Å². The zero-order chi connectivity index (χ0) is 23.3. The van der Waals surface area contributed by atoms with Crippen molar-refractivity contribution in [2.75, 3.05) is 24.5 Å². The van der Waals surface area contributed by atoms with E-state index in [9.17, 15) is 18.4 Å². The molecule has 1 saturated heterocycles. The fourth-order valence-corrected chi connectivity index (χ4v) is 5.04. The molecule has 0 spiro atoms. The Balaban J connectivity index is 1.45. The zero-order valence-electron chi connectivity index (χ0n) is 18.5. The van der Waals surface area contributed by atoms with E-state index in [1.54, 1.807) is 15.9 Å². The van der Waals surface area contributed by atoms with E-state index in [0.717, 1.165) is 24.1 Å². The average molecular weight is 454 g/mol. The topological polar surface area (TPSA) is 83.7 Å². The molecule has 0 bridgehead atoms. The van der Waals surface area contributed by atoms with Crippen molar-refractivity contribution in [3.63, 3.8) is 0 Å².